The lowest BCUT2D eigenvalue weighted by Gasteiger charge is -2.37. The number of carbonyl (C=O) groups excluding carboxylic acids is 2. The van der Waals surface area contributed by atoms with Crippen LogP contribution in [0.1, 0.15) is 12.8 Å². The first-order valence-corrected chi connectivity index (χ1v) is 8.54. The van der Waals surface area contributed by atoms with Gasteiger partial charge in [-0.15, -0.1) is 0 Å². The molecule has 0 spiro atoms. The molecular formula is C18H25N3O3. The first-order valence-electron chi connectivity index (χ1n) is 8.54. The number of benzene rings is 1. The van der Waals surface area contributed by atoms with Gasteiger partial charge >= 0.3 is 0 Å². The molecule has 24 heavy (non-hydrogen) atoms. The molecule has 6 heteroatoms. The number of rotatable bonds is 6. The second-order valence-corrected chi connectivity index (χ2v) is 6.45. The van der Waals surface area contributed by atoms with Crippen LogP contribution in [0, 0.1) is 5.41 Å². The Kier molecular flexibility index (Phi) is 5.04. The number of carbonyl (C=O) groups is 2. The third-order valence-electron chi connectivity index (χ3n) is 4.87. The molecule has 1 aliphatic carbocycles. The summed E-state index contributed by atoms with van der Waals surface area (Å²) < 4.78 is 4.94. The minimum atomic E-state index is -0.817. The van der Waals surface area contributed by atoms with Crippen LogP contribution < -0.4 is 10.2 Å². The van der Waals surface area contributed by atoms with E-state index in [0.717, 1.165) is 13.1 Å². The van der Waals surface area contributed by atoms with Crippen molar-refractivity contribution < 1.29 is 14.3 Å². The van der Waals surface area contributed by atoms with Crippen molar-refractivity contribution in [1.82, 2.24) is 10.2 Å². The standard InChI is InChI=1S/C18H25N3O3/c1-24-14-9-19-16(22)18(7-8-18)17(23)21-12-10-20(11-13-21)15-5-3-2-4-6-15/h2-6H,7-14H2,1H3,(H,19,22). The Morgan fingerprint density at radius 2 is 1.79 bits per heavy atom. The molecule has 0 atom stereocenters. The number of amides is 2. The van der Waals surface area contributed by atoms with Gasteiger partial charge in [-0.2, -0.15) is 0 Å². The van der Waals surface area contributed by atoms with Crippen molar-refractivity contribution in [2.75, 3.05) is 51.3 Å². The van der Waals surface area contributed by atoms with Crippen molar-refractivity contribution in [2.45, 2.75) is 12.8 Å². The van der Waals surface area contributed by atoms with Crippen LogP contribution in [-0.2, 0) is 14.3 Å². The van der Waals surface area contributed by atoms with E-state index in [4.69, 9.17) is 4.74 Å². The Morgan fingerprint density at radius 1 is 1.12 bits per heavy atom. The lowest BCUT2D eigenvalue weighted by Crippen LogP contribution is -2.53. The quantitative estimate of drug-likeness (QED) is 0.621. The molecule has 0 aromatic heterocycles. The number of nitrogens with one attached hydrogen (secondary N) is 1. The maximum atomic E-state index is 12.8. The van der Waals surface area contributed by atoms with E-state index >= 15 is 0 Å². The number of piperazine rings is 1. The molecule has 0 bridgehead atoms. The predicted octanol–water partition coefficient (Wildman–Crippen LogP) is 0.878. The average molecular weight is 331 g/mol. The van der Waals surface area contributed by atoms with E-state index in [2.05, 4.69) is 22.3 Å². The fourth-order valence-corrected chi connectivity index (χ4v) is 3.21. The van der Waals surface area contributed by atoms with E-state index in [1.54, 1.807) is 7.11 Å². The maximum Gasteiger partial charge on any atom is 0.238 e. The summed E-state index contributed by atoms with van der Waals surface area (Å²) in [6, 6.07) is 10.2. The lowest BCUT2D eigenvalue weighted by atomic mass is 10.0. The summed E-state index contributed by atoms with van der Waals surface area (Å²) in [4.78, 5) is 29.3. The minimum Gasteiger partial charge on any atom is -0.383 e. The average Bonchev–Trinajstić information content (AvgIpc) is 3.44. The van der Waals surface area contributed by atoms with Crippen molar-refractivity contribution in [3.05, 3.63) is 30.3 Å². The highest BCUT2D eigenvalue weighted by atomic mass is 16.5. The van der Waals surface area contributed by atoms with Gasteiger partial charge in [-0.1, -0.05) is 18.2 Å². The highest BCUT2D eigenvalue weighted by Gasteiger charge is 2.58. The van der Waals surface area contributed by atoms with Gasteiger partial charge in [0.2, 0.25) is 11.8 Å². The number of nitrogens with zero attached hydrogens (tertiary/aromatic N) is 2. The monoisotopic (exact) mass is 331 g/mol. The number of para-hydroxylation sites is 1. The summed E-state index contributed by atoms with van der Waals surface area (Å²) in [5.41, 5.74) is 0.367. The number of hydrogen-bond donors (Lipinski definition) is 1. The molecule has 1 aromatic carbocycles. The van der Waals surface area contributed by atoms with Gasteiger partial charge in [0, 0.05) is 45.5 Å². The molecule has 1 saturated heterocycles. The fraction of sp³-hybridized carbons (Fsp3) is 0.556. The smallest absolute Gasteiger partial charge is 0.238 e. The van der Waals surface area contributed by atoms with E-state index < -0.39 is 5.41 Å². The molecule has 1 aromatic rings. The van der Waals surface area contributed by atoms with Gasteiger partial charge in [-0.05, 0) is 25.0 Å². The van der Waals surface area contributed by atoms with E-state index in [1.807, 2.05) is 23.1 Å². The zero-order chi connectivity index (χ0) is 17.0. The zero-order valence-corrected chi connectivity index (χ0v) is 14.2. The van der Waals surface area contributed by atoms with Crippen molar-refractivity contribution in [3.8, 4) is 0 Å². The Morgan fingerprint density at radius 3 is 2.38 bits per heavy atom. The second-order valence-electron chi connectivity index (χ2n) is 6.45. The van der Waals surface area contributed by atoms with E-state index in [0.29, 0.717) is 39.1 Å². The third-order valence-corrected chi connectivity index (χ3v) is 4.87. The number of methoxy groups -OCH3 is 1. The largest absolute Gasteiger partial charge is 0.383 e. The summed E-state index contributed by atoms with van der Waals surface area (Å²) in [5, 5.41) is 2.82. The van der Waals surface area contributed by atoms with E-state index in [-0.39, 0.29) is 11.8 Å². The van der Waals surface area contributed by atoms with Crippen LogP contribution in [0.3, 0.4) is 0 Å². The van der Waals surface area contributed by atoms with Gasteiger partial charge < -0.3 is 19.9 Å². The van der Waals surface area contributed by atoms with Gasteiger partial charge in [-0.3, -0.25) is 9.59 Å². The predicted molar refractivity (Wildman–Crippen MR) is 91.8 cm³/mol. The van der Waals surface area contributed by atoms with Crippen molar-refractivity contribution in [2.24, 2.45) is 5.41 Å². The summed E-state index contributed by atoms with van der Waals surface area (Å²) in [5.74, 6) is -0.153. The Hall–Kier alpha value is -2.08. The van der Waals surface area contributed by atoms with Crippen LogP contribution in [-0.4, -0.2) is 63.2 Å². The lowest BCUT2D eigenvalue weighted by molar-refractivity contribution is -0.144. The Labute approximate surface area is 142 Å². The fourth-order valence-electron chi connectivity index (χ4n) is 3.21. The molecule has 6 nitrogen and oxygen atoms in total. The first-order chi connectivity index (χ1) is 11.7. The molecule has 1 saturated carbocycles. The molecule has 3 rings (SSSR count). The summed E-state index contributed by atoms with van der Waals surface area (Å²) in [6.45, 7) is 3.85. The van der Waals surface area contributed by atoms with E-state index in [1.165, 1.54) is 5.69 Å². The van der Waals surface area contributed by atoms with Gasteiger partial charge in [0.05, 0.1) is 6.61 Å². The van der Waals surface area contributed by atoms with Gasteiger partial charge in [0.1, 0.15) is 5.41 Å². The second kappa shape index (κ2) is 7.21. The molecule has 2 amide bonds. The van der Waals surface area contributed by atoms with Crippen LogP contribution in [0.4, 0.5) is 5.69 Å². The van der Waals surface area contributed by atoms with Gasteiger partial charge in [0.15, 0.2) is 0 Å². The number of hydrogen-bond acceptors (Lipinski definition) is 4. The van der Waals surface area contributed by atoms with Crippen LogP contribution in [0.2, 0.25) is 0 Å². The van der Waals surface area contributed by atoms with Crippen molar-refractivity contribution >= 4 is 17.5 Å². The molecular weight excluding hydrogens is 306 g/mol. The minimum absolute atomic E-state index is 0.00914. The number of anilines is 1. The topological polar surface area (TPSA) is 61.9 Å². The molecule has 0 radical (unpaired) electrons. The SMILES string of the molecule is COCCNC(=O)C1(C(=O)N2CCN(c3ccccc3)CC2)CC1. The summed E-state index contributed by atoms with van der Waals surface area (Å²) in [6.07, 6.45) is 1.31. The summed E-state index contributed by atoms with van der Waals surface area (Å²) in [7, 11) is 1.59. The molecule has 130 valence electrons. The van der Waals surface area contributed by atoms with Gasteiger partial charge in [-0.25, -0.2) is 0 Å². The normalized spacial score (nSPS) is 19.0. The molecule has 1 heterocycles. The van der Waals surface area contributed by atoms with Crippen LogP contribution in [0.15, 0.2) is 30.3 Å². The van der Waals surface area contributed by atoms with Crippen LogP contribution in [0.25, 0.3) is 0 Å². The zero-order valence-electron chi connectivity index (χ0n) is 14.2. The molecule has 2 fully saturated rings. The maximum absolute atomic E-state index is 12.8. The van der Waals surface area contributed by atoms with E-state index in [9.17, 15) is 9.59 Å². The van der Waals surface area contributed by atoms with Crippen LogP contribution in [0.5, 0.6) is 0 Å². The highest BCUT2D eigenvalue weighted by molar-refractivity contribution is 6.07. The van der Waals surface area contributed by atoms with Gasteiger partial charge in [0.25, 0.3) is 0 Å². The molecule has 0 unspecified atom stereocenters. The third kappa shape index (κ3) is 3.38. The highest BCUT2D eigenvalue weighted by Crippen LogP contribution is 2.47. The van der Waals surface area contributed by atoms with Crippen molar-refractivity contribution in [3.63, 3.8) is 0 Å². The summed E-state index contributed by atoms with van der Waals surface area (Å²) >= 11 is 0. The molecule has 1 aliphatic heterocycles. The Bertz CT molecular complexity index is 578. The molecule has 2 aliphatic rings. The number of ether oxygens (including phenoxy) is 1. The first kappa shape index (κ1) is 16.8. The molecule has 1 N–H and O–H groups in total. The van der Waals surface area contributed by atoms with Crippen LogP contribution >= 0.6 is 0 Å². The van der Waals surface area contributed by atoms with Crippen molar-refractivity contribution in [1.29, 1.82) is 0 Å². The Balaban J connectivity index is 1.54.